The Bertz CT molecular complexity index is 4740. The number of ether oxygens (including phenoxy) is 3. The number of nitrogens with zero attached hydrogens (tertiary/aromatic N) is 15. The van der Waals surface area contributed by atoms with Gasteiger partial charge in [-0.15, -0.1) is 0 Å². The van der Waals surface area contributed by atoms with Crippen LogP contribution in [0.2, 0.25) is 5.02 Å². The van der Waals surface area contributed by atoms with E-state index in [1.807, 2.05) is 100 Å². The average Bonchev–Trinajstić information content (AvgIpc) is 0.867. The molecule has 12 aromatic rings. The van der Waals surface area contributed by atoms with E-state index < -0.39 is 17.5 Å². The van der Waals surface area contributed by atoms with Crippen LogP contribution in [-0.4, -0.2) is 163 Å². The van der Waals surface area contributed by atoms with E-state index in [-0.39, 0.29) is 58.3 Å². The zero-order valence-corrected chi connectivity index (χ0v) is 60.3. The minimum atomic E-state index is -0.498. The largest absolute Gasteiger partial charge is 0.508 e. The summed E-state index contributed by atoms with van der Waals surface area (Å²) in [6.07, 6.45) is 12.9. The topological polar surface area (TPSA) is 344 Å². The molecule has 564 valence electrons. The molecule has 3 aliphatic rings. The second-order valence-electron chi connectivity index (χ2n) is 25.0. The van der Waals surface area contributed by atoms with Crippen LogP contribution in [0.1, 0.15) is 22.6 Å². The number of hydrogen-bond donors (Lipinski definition) is 10. The maximum Gasteiger partial charge on any atom is 0.245 e. The van der Waals surface area contributed by atoms with Crippen molar-refractivity contribution in [2.75, 3.05) is 126 Å². The van der Waals surface area contributed by atoms with E-state index in [1.54, 1.807) is 97.5 Å². The lowest BCUT2D eigenvalue weighted by atomic mass is 10.0. The van der Waals surface area contributed by atoms with Crippen molar-refractivity contribution in [2.45, 2.75) is 6.92 Å². The Labute approximate surface area is 639 Å². The fourth-order valence-electron chi connectivity index (χ4n) is 11.6. The van der Waals surface area contributed by atoms with Crippen LogP contribution in [-0.2, 0) is 14.2 Å². The second kappa shape index (κ2) is 36.8. The third-order valence-corrected chi connectivity index (χ3v) is 17.1. The molecule has 0 saturated carbocycles. The zero-order chi connectivity index (χ0) is 76.8. The van der Waals surface area contributed by atoms with Crippen molar-refractivity contribution in [3.8, 4) is 56.4 Å². The van der Waals surface area contributed by atoms with E-state index in [0.29, 0.717) is 112 Å². The van der Waals surface area contributed by atoms with Gasteiger partial charge in [0, 0.05) is 67.4 Å². The van der Waals surface area contributed by atoms with E-state index >= 15 is 0 Å². The van der Waals surface area contributed by atoms with E-state index in [1.165, 1.54) is 18.6 Å². The monoisotopic (exact) mass is 1520 g/mol. The number of anilines is 12. The Morgan fingerprint density at radius 2 is 0.694 bits per heavy atom. The van der Waals surface area contributed by atoms with E-state index in [0.717, 1.165) is 80.3 Å². The van der Waals surface area contributed by atoms with Gasteiger partial charge in [0.15, 0.2) is 34.9 Å². The Hall–Kier alpha value is -13.6. The number of aromatic hydroxyl groups is 4. The molecule has 0 atom stereocenters. The van der Waals surface area contributed by atoms with Gasteiger partial charge in [-0.05, 0) is 161 Å². The van der Waals surface area contributed by atoms with Crippen LogP contribution in [0.3, 0.4) is 0 Å². The Kier molecular flexibility index (Phi) is 25.1. The molecule has 9 heterocycles. The molecule has 0 amide bonds. The zero-order valence-electron chi connectivity index (χ0n) is 59.5. The summed E-state index contributed by atoms with van der Waals surface area (Å²) < 4.78 is 58.4. The van der Waals surface area contributed by atoms with Gasteiger partial charge in [0.25, 0.3) is 0 Å². The molecule has 32 heteroatoms. The Balaban J connectivity index is 0.000000146. The van der Waals surface area contributed by atoms with Crippen molar-refractivity contribution in [1.82, 2.24) is 44.9 Å². The highest BCUT2D eigenvalue weighted by Gasteiger charge is 2.22. The number of phenolic OH excluding ortho intramolecular Hbond substituents is 4. The lowest BCUT2D eigenvalue weighted by Crippen LogP contribution is -2.37. The smallest absolute Gasteiger partial charge is 0.245 e. The number of nitrogens with one attached hydrogen (secondary N) is 6. The van der Waals surface area contributed by atoms with E-state index in [9.17, 15) is 33.6 Å². The summed E-state index contributed by atoms with van der Waals surface area (Å²) in [6.45, 7) is 8.55. The predicted octanol–water partition coefficient (Wildman–Crippen LogP) is 13.9. The van der Waals surface area contributed by atoms with Crippen molar-refractivity contribution in [3.63, 3.8) is 0 Å². The van der Waals surface area contributed by atoms with Crippen LogP contribution < -0.4 is 46.9 Å². The summed E-state index contributed by atoms with van der Waals surface area (Å²) >= 11 is 6.32. The molecule has 0 unspecified atom stereocenters. The molecule has 10 N–H and O–H groups in total. The summed E-state index contributed by atoms with van der Waals surface area (Å²) in [7, 11) is 0. The predicted molar refractivity (Wildman–Crippen MR) is 423 cm³/mol. The fourth-order valence-corrected chi connectivity index (χ4v) is 11.9. The van der Waals surface area contributed by atoms with E-state index in [4.69, 9.17) is 25.8 Å². The second-order valence-corrected chi connectivity index (χ2v) is 25.5. The molecule has 28 nitrogen and oxygen atoms in total. The molecule has 15 rings (SSSR count). The molecule has 3 aliphatic heterocycles. The van der Waals surface area contributed by atoms with Gasteiger partial charge in [0.05, 0.1) is 130 Å². The Morgan fingerprint density at radius 3 is 1.05 bits per heavy atom. The van der Waals surface area contributed by atoms with Gasteiger partial charge in [-0.2, -0.15) is 30.3 Å². The van der Waals surface area contributed by atoms with Crippen molar-refractivity contribution in [1.29, 1.82) is 0 Å². The molecule has 0 aliphatic carbocycles. The van der Waals surface area contributed by atoms with Crippen LogP contribution in [0.4, 0.5) is 82.6 Å². The number of hydrazone groups is 3. The van der Waals surface area contributed by atoms with Crippen molar-refractivity contribution < 1.29 is 47.8 Å². The van der Waals surface area contributed by atoms with Gasteiger partial charge in [-0.3, -0.25) is 15.0 Å². The first-order chi connectivity index (χ1) is 54.1. The van der Waals surface area contributed by atoms with Gasteiger partial charge in [-0.25, -0.2) is 44.4 Å². The summed E-state index contributed by atoms with van der Waals surface area (Å²) in [5.74, 6) is 0.388. The van der Waals surface area contributed by atoms with Gasteiger partial charge in [0.2, 0.25) is 17.8 Å². The molecule has 111 heavy (non-hydrogen) atoms. The summed E-state index contributed by atoms with van der Waals surface area (Å²) in [5, 5.41) is 62.3. The number of pyridine rings is 3. The standard InChI is InChI=1S/C27H26FN7O2.C26H23ClFN7O2.C26H24FN7O3/c1-18-11-20(19-3-2-4-24(36)14-19)13-23(12-18)32-22-6-5-21(29-15-22)16-31-34-27-30-17-25(28)26(33-27)35-7-9-37-10-8-35;27-19-10-18(17-2-1-3-23(36)12-17)11-22(13-19)32-21-5-4-20(29-14-21)15-31-34-26-30-16-24(28)25(33-26)35-6-8-37-9-7-35;27-24-16-29-26(32-25(24)34-6-8-37-9-7-34)33-30-15-19-4-5-20(14-28-19)31-21-10-18(12-23(36)13-21)17-2-1-3-22(35)11-17/h2-6,11-17,32,36H,7-10H2,1H3,(H,30,33,34);1-5,10-16,32,36H,6-9H2,(H,30,33,34);1-5,10-16,31,35-36H,6-9H2,(H,29,32,33)/b31-16+;31-15+;30-15+. The number of morpholine rings is 3. The van der Waals surface area contributed by atoms with Crippen molar-refractivity contribution in [3.05, 3.63) is 246 Å². The van der Waals surface area contributed by atoms with Crippen LogP contribution in [0.15, 0.2) is 216 Å². The lowest BCUT2D eigenvalue weighted by molar-refractivity contribution is 0.122. The first-order valence-corrected chi connectivity index (χ1v) is 35.2. The summed E-state index contributed by atoms with van der Waals surface area (Å²) in [5.41, 5.74) is 20.9. The minimum Gasteiger partial charge on any atom is -0.508 e. The third-order valence-electron chi connectivity index (χ3n) is 16.8. The fraction of sp³-hybridized carbons (Fsp3) is 0.165. The highest BCUT2D eigenvalue weighted by molar-refractivity contribution is 6.31. The molecule has 3 saturated heterocycles. The van der Waals surface area contributed by atoms with Gasteiger partial charge in [0.1, 0.15) is 23.0 Å². The summed E-state index contributed by atoms with van der Waals surface area (Å²) in [6, 6.07) is 48.7. The SMILES string of the molecule is Cc1cc(Nc2ccc(/C=N/Nc3ncc(F)c(N4CCOCC4)n3)nc2)cc(-c2cccc(O)c2)c1.Oc1cccc(-c2cc(Cl)cc(Nc3ccc(/C=N/Nc4ncc(F)c(N5CCOCC5)n4)nc3)c2)c1.Oc1cccc(-c2cc(O)cc(Nc3ccc(/C=N/Nc4ncc(F)c(N5CCOCC5)n4)nc3)c2)c1. The van der Waals surface area contributed by atoms with Crippen LogP contribution in [0, 0.1) is 24.4 Å². The van der Waals surface area contributed by atoms with Gasteiger partial charge in [-0.1, -0.05) is 54.1 Å². The number of phenols is 4. The molecule has 6 aromatic carbocycles. The normalized spacial score (nSPS) is 13.6. The number of aromatic nitrogens is 9. The quantitative estimate of drug-likeness (QED) is 0.0236. The summed E-state index contributed by atoms with van der Waals surface area (Å²) in [4.78, 5) is 43.1. The minimum absolute atomic E-state index is 0.0888. The maximum absolute atomic E-state index is 14.2. The average molecular weight is 1520 g/mol. The first-order valence-electron chi connectivity index (χ1n) is 34.9. The highest BCUT2D eigenvalue weighted by Crippen LogP contribution is 2.35. The van der Waals surface area contributed by atoms with Crippen LogP contribution >= 0.6 is 11.6 Å². The molecule has 3 fully saturated rings. The first kappa shape index (κ1) is 75.6. The van der Waals surface area contributed by atoms with Crippen molar-refractivity contribution in [2.24, 2.45) is 15.3 Å². The van der Waals surface area contributed by atoms with Gasteiger partial charge < -0.3 is 65.3 Å². The highest BCUT2D eigenvalue weighted by atomic mass is 35.5. The molecular weight excluding hydrogens is 1450 g/mol. The number of hydrogen-bond acceptors (Lipinski definition) is 28. The van der Waals surface area contributed by atoms with Crippen LogP contribution in [0.5, 0.6) is 23.0 Å². The molecule has 0 radical (unpaired) electrons. The Morgan fingerprint density at radius 1 is 0.360 bits per heavy atom. The van der Waals surface area contributed by atoms with E-state index in [2.05, 4.69) is 98.5 Å². The number of aryl methyl sites for hydroxylation is 1. The number of halogens is 4. The van der Waals surface area contributed by atoms with Crippen LogP contribution in [0.25, 0.3) is 33.4 Å². The lowest BCUT2D eigenvalue weighted by Gasteiger charge is -2.27. The molecule has 0 spiro atoms. The molecular formula is C79H73ClF3N21O7. The third kappa shape index (κ3) is 21.6. The molecule has 6 aromatic heterocycles. The number of benzene rings is 6. The van der Waals surface area contributed by atoms with Gasteiger partial charge >= 0.3 is 0 Å². The van der Waals surface area contributed by atoms with Crippen molar-refractivity contribution >= 4 is 99.7 Å². The maximum atomic E-state index is 14.2. The number of rotatable bonds is 21. The molecule has 0 bridgehead atoms.